The third-order valence-corrected chi connectivity index (χ3v) is 8.74. The molecule has 3 aromatic carbocycles. The highest BCUT2D eigenvalue weighted by Crippen LogP contribution is 2.33. The predicted molar refractivity (Wildman–Crippen MR) is 196 cm³/mol. The average molecular weight is 823 g/mol. The third kappa shape index (κ3) is 11.9. The number of carbonyl (C=O) groups is 7. The summed E-state index contributed by atoms with van der Waals surface area (Å²) in [4.78, 5) is 89.4. The molecule has 0 aliphatic carbocycles. The van der Waals surface area contributed by atoms with Crippen molar-refractivity contribution in [1.82, 2.24) is 0 Å². The van der Waals surface area contributed by atoms with Gasteiger partial charge < -0.3 is 52.5 Å². The first-order valence-electron chi connectivity index (χ1n) is 18.3. The van der Waals surface area contributed by atoms with Gasteiger partial charge in [-0.15, -0.1) is 0 Å². The molecule has 2 aliphatic rings. The van der Waals surface area contributed by atoms with Crippen LogP contribution in [0.15, 0.2) is 91.0 Å². The molecule has 3 aromatic rings. The lowest BCUT2D eigenvalue weighted by atomic mass is 9.97. The largest absolute Gasteiger partial charge is 0.463 e. The van der Waals surface area contributed by atoms with Crippen LogP contribution in [0, 0.1) is 0 Å². The van der Waals surface area contributed by atoms with Gasteiger partial charge in [0.1, 0.15) is 18.8 Å². The van der Waals surface area contributed by atoms with E-state index < -0.39 is 116 Å². The minimum absolute atomic E-state index is 0.0556. The van der Waals surface area contributed by atoms with Crippen LogP contribution in [0.4, 0.5) is 0 Å². The number of aliphatic hydroxyl groups is 1. The lowest BCUT2D eigenvalue weighted by molar-refractivity contribution is -0.327. The van der Waals surface area contributed by atoms with Gasteiger partial charge in [-0.25, -0.2) is 14.4 Å². The lowest BCUT2D eigenvalue weighted by Gasteiger charge is -2.45. The summed E-state index contributed by atoms with van der Waals surface area (Å²) in [6.07, 6.45) is -16.7. The van der Waals surface area contributed by atoms with Crippen LogP contribution in [0.1, 0.15) is 58.8 Å². The predicted octanol–water partition coefficient (Wildman–Crippen LogP) is 2.48. The molecule has 0 aromatic heterocycles. The van der Waals surface area contributed by atoms with Crippen LogP contribution < -0.4 is 0 Å². The van der Waals surface area contributed by atoms with Gasteiger partial charge in [-0.3, -0.25) is 19.2 Å². The Hall–Kier alpha value is -6.21. The smallest absolute Gasteiger partial charge is 0.338 e. The van der Waals surface area contributed by atoms with Crippen molar-refractivity contribution in [3.05, 3.63) is 108 Å². The summed E-state index contributed by atoms with van der Waals surface area (Å²) in [5, 5.41) is 11.4. The first-order chi connectivity index (χ1) is 28.2. The zero-order valence-corrected chi connectivity index (χ0v) is 32.2. The molecular formula is C41H42O18. The van der Waals surface area contributed by atoms with Crippen LogP contribution in [0.5, 0.6) is 0 Å². The van der Waals surface area contributed by atoms with Crippen molar-refractivity contribution in [3.63, 3.8) is 0 Å². The van der Waals surface area contributed by atoms with Crippen LogP contribution in [0.25, 0.3) is 0 Å². The van der Waals surface area contributed by atoms with Gasteiger partial charge in [-0.2, -0.15) is 0 Å². The molecule has 2 aliphatic heterocycles. The standard InChI is InChI=1S/C41H42O18/c1-22(42)50-20-30-31(52-23(2)43)34(53-24(3)44)36(54-25(4)45)41(56-30)51-21-29-32(57-37(46)26-14-8-5-9-15-26)33(58-38(47)27-16-10-6-11-17-27)35(40(49)55-29)59-39(48)28-18-12-7-13-19-28/h5-19,29-36,40-41,49H,20-21H2,1-4H3/t29-,30-,31-,32+,33+,34+,35-,36-,40-,41-/m1/s1. The minimum Gasteiger partial charge on any atom is -0.463 e. The second-order valence-corrected chi connectivity index (χ2v) is 13.2. The number of aliphatic hydroxyl groups excluding tert-OH is 1. The molecule has 0 spiro atoms. The molecule has 59 heavy (non-hydrogen) atoms. The van der Waals surface area contributed by atoms with E-state index in [4.69, 9.17) is 47.4 Å². The van der Waals surface area contributed by atoms with E-state index in [2.05, 4.69) is 0 Å². The van der Waals surface area contributed by atoms with E-state index in [-0.39, 0.29) is 16.7 Å². The molecule has 0 radical (unpaired) electrons. The summed E-state index contributed by atoms with van der Waals surface area (Å²) in [6.45, 7) is 2.97. The first kappa shape index (κ1) is 43.9. The van der Waals surface area contributed by atoms with Gasteiger partial charge in [0, 0.05) is 27.7 Å². The van der Waals surface area contributed by atoms with Crippen molar-refractivity contribution >= 4 is 41.8 Å². The van der Waals surface area contributed by atoms with E-state index in [9.17, 15) is 38.7 Å². The Kier molecular flexibility index (Phi) is 15.2. The van der Waals surface area contributed by atoms with Crippen molar-refractivity contribution in [3.8, 4) is 0 Å². The number of carbonyl (C=O) groups excluding carboxylic acids is 7. The monoisotopic (exact) mass is 822 g/mol. The van der Waals surface area contributed by atoms with E-state index in [0.29, 0.717) is 0 Å². The average Bonchev–Trinajstić information content (AvgIpc) is 3.20. The number of ether oxygens (including phenoxy) is 10. The molecule has 5 rings (SSSR count). The summed E-state index contributed by atoms with van der Waals surface area (Å²) in [6, 6.07) is 23.1. The zero-order chi connectivity index (χ0) is 42.6. The Morgan fingerprint density at radius 3 is 1.29 bits per heavy atom. The molecular weight excluding hydrogens is 780 g/mol. The number of hydrogen-bond donors (Lipinski definition) is 1. The molecule has 2 saturated heterocycles. The maximum atomic E-state index is 13.7. The summed E-state index contributed by atoms with van der Waals surface area (Å²) in [5.74, 6) is -6.23. The lowest BCUT2D eigenvalue weighted by Crippen LogP contribution is -2.64. The second-order valence-electron chi connectivity index (χ2n) is 13.2. The van der Waals surface area contributed by atoms with Crippen molar-refractivity contribution in [2.75, 3.05) is 13.2 Å². The summed E-state index contributed by atoms with van der Waals surface area (Å²) in [5.41, 5.74) is 0.184. The first-order valence-corrected chi connectivity index (χ1v) is 18.3. The third-order valence-electron chi connectivity index (χ3n) is 8.74. The molecule has 0 amide bonds. The fraction of sp³-hybridized carbons (Fsp3) is 0.390. The maximum Gasteiger partial charge on any atom is 0.338 e. The topological polar surface area (TPSA) is 232 Å². The van der Waals surface area contributed by atoms with Crippen molar-refractivity contribution in [2.45, 2.75) is 89.1 Å². The quantitative estimate of drug-likeness (QED) is 0.182. The zero-order valence-electron chi connectivity index (χ0n) is 32.2. The molecule has 18 heteroatoms. The number of rotatable bonds is 14. The van der Waals surface area contributed by atoms with Crippen molar-refractivity contribution in [2.24, 2.45) is 0 Å². The molecule has 0 bridgehead atoms. The summed E-state index contributed by atoms with van der Waals surface area (Å²) in [7, 11) is 0. The number of hydrogen-bond acceptors (Lipinski definition) is 18. The van der Waals surface area contributed by atoms with Crippen LogP contribution >= 0.6 is 0 Å². The van der Waals surface area contributed by atoms with Gasteiger partial charge in [0.2, 0.25) is 0 Å². The van der Waals surface area contributed by atoms with Gasteiger partial charge in [0.25, 0.3) is 0 Å². The van der Waals surface area contributed by atoms with Crippen LogP contribution in [0.3, 0.4) is 0 Å². The molecule has 0 unspecified atom stereocenters. The molecule has 314 valence electrons. The minimum atomic E-state index is -2.05. The van der Waals surface area contributed by atoms with E-state index >= 15 is 0 Å². The van der Waals surface area contributed by atoms with Gasteiger partial charge in [-0.05, 0) is 36.4 Å². The van der Waals surface area contributed by atoms with Gasteiger partial charge in [0.05, 0.1) is 23.3 Å². The number of benzene rings is 3. The fourth-order valence-corrected chi connectivity index (χ4v) is 6.24. The molecule has 10 atom stereocenters. The SMILES string of the molecule is CC(=O)OC[C@H]1O[C@@H](OC[C@H]2O[C@@H](O)[C@H](OC(=O)c3ccccc3)[C@@H](OC(=O)c3ccccc3)[C@H]2OC(=O)c2ccccc2)[C@H](OC(C)=O)[C@@H](OC(C)=O)[C@@H]1OC(C)=O. The van der Waals surface area contributed by atoms with Gasteiger partial charge >= 0.3 is 41.8 Å². The maximum absolute atomic E-state index is 13.7. The Balaban J connectivity index is 1.53. The summed E-state index contributed by atoms with van der Waals surface area (Å²) < 4.78 is 56.9. The van der Waals surface area contributed by atoms with Crippen LogP contribution in [-0.2, 0) is 66.5 Å². The van der Waals surface area contributed by atoms with Crippen molar-refractivity contribution < 1.29 is 86.0 Å². The van der Waals surface area contributed by atoms with Crippen LogP contribution in [0.2, 0.25) is 0 Å². The Labute approximate surface area is 337 Å². The Morgan fingerprint density at radius 2 is 0.831 bits per heavy atom. The molecule has 1 N–H and O–H groups in total. The molecule has 18 nitrogen and oxygen atoms in total. The Bertz CT molecular complexity index is 1940. The molecule has 0 saturated carbocycles. The Morgan fingerprint density at radius 1 is 0.458 bits per heavy atom. The summed E-state index contributed by atoms with van der Waals surface area (Å²) >= 11 is 0. The number of esters is 7. The highest BCUT2D eigenvalue weighted by Gasteiger charge is 2.55. The highest BCUT2D eigenvalue weighted by atomic mass is 16.7. The van der Waals surface area contributed by atoms with Gasteiger partial charge in [-0.1, -0.05) is 54.6 Å². The van der Waals surface area contributed by atoms with E-state index in [0.717, 1.165) is 27.7 Å². The van der Waals surface area contributed by atoms with E-state index in [1.807, 2.05) is 0 Å². The normalized spacial score (nSPS) is 26.3. The van der Waals surface area contributed by atoms with E-state index in [1.165, 1.54) is 36.4 Å². The fourth-order valence-electron chi connectivity index (χ4n) is 6.24. The second kappa shape index (κ2) is 20.5. The molecule has 2 fully saturated rings. The van der Waals surface area contributed by atoms with Gasteiger partial charge in [0.15, 0.2) is 49.2 Å². The van der Waals surface area contributed by atoms with E-state index in [1.54, 1.807) is 54.6 Å². The molecule has 2 heterocycles. The van der Waals surface area contributed by atoms with Crippen LogP contribution in [-0.4, -0.2) is 122 Å². The van der Waals surface area contributed by atoms with Crippen molar-refractivity contribution in [1.29, 1.82) is 0 Å². The highest BCUT2D eigenvalue weighted by molar-refractivity contribution is 5.91.